The van der Waals surface area contributed by atoms with Crippen molar-refractivity contribution in [2.45, 2.75) is 13.3 Å². The van der Waals surface area contributed by atoms with Crippen LogP contribution in [0.15, 0.2) is 36.4 Å². The van der Waals surface area contributed by atoms with Crippen LogP contribution in [-0.4, -0.2) is 61.8 Å². The molecule has 0 spiro atoms. The Labute approximate surface area is 201 Å². The second-order valence-corrected chi connectivity index (χ2v) is 9.36. The van der Waals surface area contributed by atoms with Gasteiger partial charge < -0.3 is 9.47 Å². The molecule has 0 aliphatic carbocycles. The first kappa shape index (κ1) is 23.3. The summed E-state index contributed by atoms with van der Waals surface area (Å²) in [5.41, 5.74) is 1.28. The number of benzene rings is 2. The van der Waals surface area contributed by atoms with Gasteiger partial charge in [-0.15, -0.1) is 0 Å². The summed E-state index contributed by atoms with van der Waals surface area (Å²) in [6.45, 7) is 7.32. The lowest BCUT2D eigenvalue weighted by Gasteiger charge is -2.27. The Hall–Kier alpha value is -1.90. The minimum absolute atomic E-state index is 0.166. The summed E-state index contributed by atoms with van der Waals surface area (Å²) in [7, 11) is 0. The number of carbonyl (C=O) groups excluding carboxylic acids is 1. The zero-order chi connectivity index (χ0) is 22.5. The zero-order valence-corrected chi connectivity index (χ0v) is 20.2. The third kappa shape index (κ3) is 5.71. The minimum Gasteiger partial charge on any atom is -0.494 e. The van der Waals surface area contributed by atoms with Gasteiger partial charge in [0, 0.05) is 41.8 Å². The highest BCUT2D eigenvalue weighted by Crippen LogP contribution is 2.33. The topological polar surface area (TPSA) is 54.9 Å². The maximum atomic E-state index is 13.5. The molecule has 0 radical (unpaired) electrons. The van der Waals surface area contributed by atoms with Crippen molar-refractivity contribution < 1.29 is 14.3 Å². The quantitative estimate of drug-likeness (QED) is 0.422. The van der Waals surface area contributed by atoms with Gasteiger partial charge in [0.1, 0.15) is 5.75 Å². The molecular formula is C23H25Cl2N3O3S. The first-order valence-electron chi connectivity index (χ1n) is 10.6. The number of fused-ring (bicyclic) bond motifs is 1. The average Bonchev–Trinajstić information content (AvgIpc) is 3.19. The molecule has 2 heterocycles. The fourth-order valence-electron chi connectivity index (χ4n) is 3.66. The Balaban J connectivity index is 1.60. The van der Waals surface area contributed by atoms with Crippen molar-refractivity contribution in [1.29, 1.82) is 0 Å². The van der Waals surface area contributed by atoms with E-state index in [9.17, 15) is 4.79 Å². The normalized spacial score (nSPS) is 14.6. The number of thiazole rings is 1. The lowest BCUT2D eigenvalue weighted by atomic mass is 10.2. The molecule has 1 amide bonds. The van der Waals surface area contributed by atoms with Crippen LogP contribution in [0.4, 0.5) is 5.13 Å². The SMILES string of the molecule is CCOc1ccc2nc(N(CCCN3CCOCC3)C(=O)c3cc(Cl)cc(Cl)c3)sc2c1. The van der Waals surface area contributed by atoms with E-state index in [1.165, 1.54) is 11.3 Å². The van der Waals surface area contributed by atoms with Gasteiger partial charge in [-0.3, -0.25) is 14.6 Å². The van der Waals surface area contributed by atoms with E-state index < -0.39 is 0 Å². The molecule has 170 valence electrons. The second-order valence-electron chi connectivity index (χ2n) is 7.48. The number of aromatic nitrogens is 1. The predicted molar refractivity (Wildman–Crippen MR) is 131 cm³/mol. The van der Waals surface area contributed by atoms with Crippen molar-refractivity contribution in [3.05, 3.63) is 52.0 Å². The van der Waals surface area contributed by atoms with Crippen LogP contribution in [0.2, 0.25) is 10.0 Å². The number of hydrogen-bond donors (Lipinski definition) is 0. The van der Waals surface area contributed by atoms with E-state index in [-0.39, 0.29) is 5.91 Å². The van der Waals surface area contributed by atoms with E-state index in [2.05, 4.69) is 4.90 Å². The van der Waals surface area contributed by atoms with Gasteiger partial charge in [-0.1, -0.05) is 34.5 Å². The molecule has 9 heteroatoms. The van der Waals surface area contributed by atoms with Gasteiger partial charge >= 0.3 is 0 Å². The zero-order valence-electron chi connectivity index (χ0n) is 17.9. The molecule has 2 aromatic carbocycles. The van der Waals surface area contributed by atoms with E-state index in [1.807, 2.05) is 25.1 Å². The number of anilines is 1. The van der Waals surface area contributed by atoms with Gasteiger partial charge in [-0.25, -0.2) is 4.98 Å². The molecule has 1 aliphatic rings. The third-order valence-electron chi connectivity index (χ3n) is 5.20. The highest BCUT2D eigenvalue weighted by atomic mass is 35.5. The van der Waals surface area contributed by atoms with Crippen LogP contribution >= 0.6 is 34.5 Å². The molecule has 0 atom stereocenters. The largest absolute Gasteiger partial charge is 0.494 e. The van der Waals surface area contributed by atoms with Crippen LogP contribution in [0, 0.1) is 0 Å². The Kier molecular flexibility index (Phi) is 7.86. The maximum absolute atomic E-state index is 13.5. The Morgan fingerprint density at radius 3 is 2.66 bits per heavy atom. The first-order chi connectivity index (χ1) is 15.5. The number of morpholine rings is 1. The molecule has 0 unspecified atom stereocenters. The lowest BCUT2D eigenvalue weighted by Crippen LogP contribution is -2.39. The number of carbonyl (C=O) groups is 1. The van der Waals surface area contributed by atoms with Crippen LogP contribution < -0.4 is 9.64 Å². The highest BCUT2D eigenvalue weighted by molar-refractivity contribution is 7.22. The van der Waals surface area contributed by atoms with Gasteiger partial charge in [-0.2, -0.15) is 0 Å². The van der Waals surface area contributed by atoms with Crippen LogP contribution in [-0.2, 0) is 4.74 Å². The fraction of sp³-hybridized carbons (Fsp3) is 0.391. The smallest absolute Gasteiger partial charge is 0.260 e. The van der Waals surface area contributed by atoms with Gasteiger partial charge in [0.2, 0.25) is 0 Å². The molecule has 1 aliphatic heterocycles. The summed E-state index contributed by atoms with van der Waals surface area (Å²) < 4.78 is 12.0. The summed E-state index contributed by atoms with van der Waals surface area (Å²) in [4.78, 5) is 22.3. The van der Waals surface area contributed by atoms with E-state index in [1.54, 1.807) is 23.1 Å². The van der Waals surface area contributed by atoms with Crippen molar-refractivity contribution in [2.75, 3.05) is 50.9 Å². The summed E-state index contributed by atoms with van der Waals surface area (Å²) in [5, 5.41) is 1.51. The molecule has 3 aromatic rings. The monoisotopic (exact) mass is 493 g/mol. The van der Waals surface area contributed by atoms with E-state index in [4.69, 9.17) is 37.7 Å². The molecular weight excluding hydrogens is 469 g/mol. The van der Waals surface area contributed by atoms with Crippen molar-refractivity contribution in [3.63, 3.8) is 0 Å². The van der Waals surface area contributed by atoms with Gasteiger partial charge in [0.15, 0.2) is 5.13 Å². The van der Waals surface area contributed by atoms with Crippen molar-refractivity contribution in [1.82, 2.24) is 9.88 Å². The number of amides is 1. The number of nitrogens with zero attached hydrogens (tertiary/aromatic N) is 3. The Bertz CT molecular complexity index is 1070. The standard InChI is InChI=1S/C23H25Cl2N3O3S/c1-2-31-19-4-5-20-21(15-19)32-23(26-20)28(7-3-6-27-8-10-30-11-9-27)22(29)16-12-17(24)14-18(25)13-16/h4-5,12-15H,2-3,6-11H2,1H3. The second kappa shape index (κ2) is 10.8. The molecule has 1 fully saturated rings. The van der Waals surface area contributed by atoms with E-state index in [0.717, 1.165) is 55.2 Å². The van der Waals surface area contributed by atoms with Crippen molar-refractivity contribution in [3.8, 4) is 5.75 Å². The van der Waals surface area contributed by atoms with Gasteiger partial charge in [0.25, 0.3) is 5.91 Å². The summed E-state index contributed by atoms with van der Waals surface area (Å²) in [6, 6.07) is 10.7. The molecule has 0 saturated carbocycles. The van der Waals surface area contributed by atoms with Crippen molar-refractivity contribution >= 4 is 55.8 Å². The number of halogens is 2. The summed E-state index contributed by atoms with van der Waals surface area (Å²) in [5.74, 6) is 0.627. The minimum atomic E-state index is -0.166. The first-order valence-corrected chi connectivity index (χ1v) is 12.2. The molecule has 6 nitrogen and oxygen atoms in total. The Morgan fingerprint density at radius 2 is 1.94 bits per heavy atom. The van der Waals surface area contributed by atoms with Crippen LogP contribution in [0.1, 0.15) is 23.7 Å². The molecule has 32 heavy (non-hydrogen) atoms. The van der Waals surface area contributed by atoms with Gasteiger partial charge in [-0.05, 0) is 49.7 Å². The average molecular weight is 494 g/mol. The summed E-state index contributed by atoms with van der Waals surface area (Å²) >= 11 is 13.8. The van der Waals surface area contributed by atoms with Crippen LogP contribution in [0.3, 0.4) is 0 Å². The molecule has 4 rings (SSSR count). The number of rotatable bonds is 8. The predicted octanol–water partition coefficient (Wildman–Crippen LogP) is 5.37. The molecule has 1 saturated heterocycles. The van der Waals surface area contributed by atoms with Crippen LogP contribution in [0.25, 0.3) is 10.2 Å². The number of hydrogen-bond acceptors (Lipinski definition) is 6. The van der Waals surface area contributed by atoms with Gasteiger partial charge in [0.05, 0.1) is 30.0 Å². The van der Waals surface area contributed by atoms with Crippen LogP contribution in [0.5, 0.6) is 5.75 Å². The molecule has 1 aromatic heterocycles. The lowest BCUT2D eigenvalue weighted by molar-refractivity contribution is 0.0376. The Morgan fingerprint density at radius 1 is 1.19 bits per heavy atom. The number of ether oxygens (including phenoxy) is 2. The summed E-state index contributed by atoms with van der Waals surface area (Å²) in [6.07, 6.45) is 0.820. The third-order valence-corrected chi connectivity index (χ3v) is 6.68. The van der Waals surface area contributed by atoms with E-state index in [0.29, 0.717) is 33.9 Å². The van der Waals surface area contributed by atoms with Crippen molar-refractivity contribution in [2.24, 2.45) is 0 Å². The molecule has 0 N–H and O–H groups in total. The fourth-order valence-corrected chi connectivity index (χ4v) is 5.20. The maximum Gasteiger partial charge on any atom is 0.260 e. The molecule has 0 bridgehead atoms. The van der Waals surface area contributed by atoms with E-state index >= 15 is 0 Å². The highest BCUT2D eigenvalue weighted by Gasteiger charge is 2.23.